The summed E-state index contributed by atoms with van der Waals surface area (Å²) >= 11 is 5.46. The van der Waals surface area contributed by atoms with Crippen molar-refractivity contribution in [1.29, 1.82) is 5.41 Å². The minimum absolute atomic E-state index is 0. The van der Waals surface area contributed by atoms with Crippen LogP contribution in [-0.4, -0.2) is 29.1 Å². The van der Waals surface area contributed by atoms with Gasteiger partial charge in [0, 0.05) is 0 Å². The zero-order valence-electron chi connectivity index (χ0n) is 11.2. The molecule has 1 aromatic rings. The maximum absolute atomic E-state index is 12.0. The van der Waals surface area contributed by atoms with Gasteiger partial charge in [-0.05, 0) is 17.2 Å². The van der Waals surface area contributed by atoms with E-state index in [0.29, 0.717) is 5.56 Å². The van der Waals surface area contributed by atoms with Crippen molar-refractivity contribution in [2.75, 3.05) is 0 Å². The fraction of sp³-hybridized carbons (Fsp3) is 0.167. The van der Waals surface area contributed by atoms with Crippen LogP contribution in [0.1, 0.15) is 11.6 Å². The highest BCUT2D eigenvalue weighted by atomic mass is 35.5. The van der Waals surface area contributed by atoms with Crippen molar-refractivity contribution in [2.45, 2.75) is 12.1 Å². The van der Waals surface area contributed by atoms with Crippen molar-refractivity contribution in [1.82, 2.24) is 10.6 Å². The normalized spacial score (nSPS) is 12.2. The molecule has 2 atom stereocenters. The maximum Gasteiger partial charge on any atom is 0.313 e. The second kappa shape index (κ2) is 8.85. The molecule has 0 fully saturated rings. The van der Waals surface area contributed by atoms with E-state index < -0.39 is 35.1 Å². The molecule has 22 heavy (non-hydrogen) atoms. The fourth-order valence-electron chi connectivity index (χ4n) is 1.57. The van der Waals surface area contributed by atoms with E-state index in [9.17, 15) is 14.4 Å². The van der Waals surface area contributed by atoms with Crippen molar-refractivity contribution < 1.29 is 14.4 Å². The second-order valence-corrected chi connectivity index (χ2v) is 4.43. The fourth-order valence-corrected chi connectivity index (χ4v) is 1.75. The quantitative estimate of drug-likeness (QED) is 0.279. The van der Waals surface area contributed by atoms with E-state index in [-0.39, 0.29) is 12.4 Å². The number of hydrogen-bond donors (Lipinski definition) is 5. The van der Waals surface area contributed by atoms with Gasteiger partial charge in [-0.15, -0.1) is 12.4 Å². The molecule has 8 nitrogen and oxygen atoms in total. The Bertz CT molecular complexity index is 567. The number of urea groups is 1. The molecule has 0 aliphatic carbocycles. The lowest BCUT2D eigenvalue weighted by molar-refractivity contribution is -0.125. The van der Waals surface area contributed by atoms with E-state index in [0.717, 1.165) is 0 Å². The lowest BCUT2D eigenvalue weighted by atomic mass is 10.1. The largest absolute Gasteiger partial charge is 0.385 e. The van der Waals surface area contributed by atoms with Crippen LogP contribution in [0.5, 0.6) is 0 Å². The van der Waals surface area contributed by atoms with Crippen molar-refractivity contribution in [3.05, 3.63) is 35.9 Å². The van der Waals surface area contributed by atoms with Crippen LogP contribution in [0, 0.1) is 5.41 Å². The highest BCUT2D eigenvalue weighted by Gasteiger charge is 2.28. The molecule has 0 aromatic heterocycles. The summed E-state index contributed by atoms with van der Waals surface area (Å²) in [5.41, 5.74) is 10.6. The minimum atomic E-state index is -1.48. The standard InChI is InChI=1S/C12H14ClN5O3.ClH/c13-9(19)7(6-4-2-1-3-5-6)17-11(20)8(10(14)15)18-12(16)21;/h1-5,7-8H,(H3,14,15)(H,17,20)(H3,16,18,21);1H. The molecule has 0 spiro atoms. The van der Waals surface area contributed by atoms with Crippen LogP contribution in [0.2, 0.25) is 0 Å². The Hall–Kier alpha value is -2.32. The van der Waals surface area contributed by atoms with Crippen LogP contribution in [0.4, 0.5) is 4.79 Å². The predicted octanol–water partition coefficient (Wildman–Crippen LogP) is 0.00397. The molecule has 7 N–H and O–H groups in total. The summed E-state index contributed by atoms with van der Waals surface area (Å²) in [6, 6.07) is 4.61. The van der Waals surface area contributed by atoms with Gasteiger partial charge >= 0.3 is 6.03 Å². The Labute approximate surface area is 137 Å². The molecule has 120 valence electrons. The number of amides is 3. The zero-order valence-corrected chi connectivity index (χ0v) is 12.8. The lowest BCUT2D eigenvalue weighted by Crippen LogP contribution is -2.55. The van der Waals surface area contributed by atoms with Gasteiger partial charge in [0.2, 0.25) is 5.24 Å². The Morgan fingerprint density at radius 3 is 2.05 bits per heavy atom. The Morgan fingerprint density at radius 2 is 1.64 bits per heavy atom. The van der Waals surface area contributed by atoms with Crippen LogP contribution in [0.25, 0.3) is 0 Å². The number of nitrogens with two attached hydrogens (primary N) is 2. The number of amidine groups is 1. The monoisotopic (exact) mass is 347 g/mol. The first-order valence-electron chi connectivity index (χ1n) is 5.77. The van der Waals surface area contributed by atoms with E-state index in [1.807, 2.05) is 5.32 Å². The molecule has 0 aliphatic heterocycles. The molecule has 0 aliphatic rings. The summed E-state index contributed by atoms with van der Waals surface area (Å²) < 4.78 is 0. The third-order valence-corrected chi connectivity index (χ3v) is 2.72. The summed E-state index contributed by atoms with van der Waals surface area (Å²) in [7, 11) is 0. The first kappa shape index (κ1) is 19.7. The molecule has 10 heteroatoms. The van der Waals surface area contributed by atoms with E-state index in [4.69, 9.17) is 28.5 Å². The molecular formula is C12H15Cl2N5O3. The molecular weight excluding hydrogens is 333 g/mol. The number of carbonyl (C=O) groups excluding carboxylic acids is 3. The number of primary amides is 1. The highest BCUT2D eigenvalue weighted by Crippen LogP contribution is 2.15. The van der Waals surface area contributed by atoms with Gasteiger partial charge in [0.1, 0.15) is 11.9 Å². The predicted molar refractivity (Wildman–Crippen MR) is 83.9 cm³/mol. The number of carbonyl (C=O) groups is 3. The van der Waals surface area contributed by atoms with Crippen LogP contribution in [-0.2, 0) is 9.59 Å². The SMILES string of the molecule is Cl.N=C(N)C(NC(N)=O)C(=O)NC(C(=O)Cl)c1ccccc1. The maximum atomic E-state index is 12.0. The Morgan fingerprint density at radius 1 is 1.09 bits per heavy atom. The molecule has 0 saturated heterocycles. The number of halogens is 2. The van der Waals surface area contributed by atoms with Gasteiger partial charge in [-0.3, -0.25) is 15.0 Å². The molecule has 0 saturated carbocycles. The number of rotatable bonds is 6. The second-order valence-electron chi connectivity index (χ2n) is 4.05. The topological polar surface area (TPSA) is 151 Å². The van der Waals surface area contributed by atoms with Gasteiger partial charge in [-0.1, -0.05) is 30.3 Å². The van der Waals surface area contributed by atoms with Gasteiger partial charge in [-0.2, -0.15) is 0 Å². The average molecular weight is 348 g/mol. The number of benzene rings is 1. The van der Waals surface area contributed by atoms with Gasteiger partial charge in [0.25, 0.3) is 5.91 Å². The van der Waals surface area contributed by atoms with E-state index in [1.54, 1.807) is 30.3 Å². The number of hydrogen-bond acceptors (Lipinski definition) is 4. The average Bonchev–Trinajstić information content (AvgIpc) is 2.42. The van der Waals surface area contributed by atoms with Gasteiger partial charge in [-0.25, -0.2) is 4.79 Å². The third kappa shape index (κ3) is 5.58. The summed E-state index contributed by atoms with van der Waals surface area (Å²) in [4.78, 5) is 34.2. The minimum Gasteiger partial charge on any atom is -0.385 e. The van der Waals surface area contributed by atoms with Crippen molar-refractivity contribution in [3.63, 3.8) is 0 Å². The molecule has 1 aromatic carbocycles. The van der Waals surface area contributed by atoms with E-state index in [1.165, 1.54) is 0 Å². The van der Waals surface area contributed by atoms with Gasteiger partial charge < -0.3 is 22.1 Å². The van der Waals surface area contributed by atoms with Crippen LogP contribution >= 0.6 is 24.0 Å². The molecule has 3 amide bonds. The van der Waals surface area contributed by atoms with Gasteiger partial charge in [0.05, 0.1) is 0 Å². The van der Waals surface area contributed by atoms with Crippen molar-refractivity contribution in [3.8, 4) is 0 Å². The summed E-state index contributed by atoms with van der Waals surface area (Å²) in [5.74, 6) is -1.50. The third-order valence-electron chi connectivity index (χ3n) is 2.51. The van der Waals surface area contributed by atoms with E-state index in [2.05, 4.69) is 5.32 Å². The summed E-state index contributed by atoms with van der Waals surface area (Å²) in [6.07, 6.45) is 0. The van der Waals surface area contributed by atoms with Crippen LogP contribution < -0.4 is 22.1 Å². The summed E-state index contributed by atoms with van der Waals surface area (Å²) in [6.45, 7) is 0. The van der Waals surface area contributed by atoms with Crippen LogP contribution in [0.15, 0.2) is 30.3 Å². The van der Waals surface area contributed by atoms with Gasteiger partial charge in [0.15, 0.2) is 6.04 Å². The molecule has 0 radical (unpaired) electrons. The van der Waals surface area contributed by atoms with E-state index >= 15 is 0 Å². The number of nitrogens with one attached hydrogen (secondary N) is 3. The van der Waals surface area contributed by atoms with Crippen LogP contribution in [0.3, 0.4) is 0 Å². The van der Waals surface area contributed by atoms with Crippen molar-refractivity contribution in [2.24, 2.45) is 11.5 Å². The highest BCUT2D eigenvalue weighted by molar-refractivity contribution is 6.64. The lowest BCUT2D eigenvalue weighted by Gasteiger charge is -2.20. The molecule has 2 unspecified atom stereocenters. The molecule has 1 rings (SSSR count). The summed E-state index contributed by atoms with van der Waals surface area (Å²) in [5, 5.41) is 10.7. The Balaban J connectivity index is 0.00000441. The first-order valence-corrected chi connectivity index (χ1v) is 6.15. The zero-order chi connectivity index (χ0) is 16.0. The Kier molecular flexibility index (Phi) is 7.92. The molecule has 0 bridgehead atoms. The first-order chi connectivity index (χ1) is 9.82. The molecule has 0 heterocycles. The van der Waals surface area contributed by atoms with Crippen molar-refractivity contribution >= 4 is 47.0 Å². The smallest absolute Gasteiger partial charge is 0.313 e.